The number of benzene rings is 1. The summed E-state index contributed by atoms with van der Waals surface area (Å²) in [6.45, 7) is 1.36. The molecule has 2 heterocycles. The van der Waals surface area contributed by atoms with Gasteiger partial charge in [-0.1, -0.05) is 0 Å². The molecule has 1 aromatic carbocycles. The van der Waals surface area contributed by atoms with Gasteiger partial charge < -0.3 is 14.2 Å². The minimum Gasteiger partial charge on any atom is -0.475 e. The number of fused-ring (bicyclic) bond motifs is 10. The van der Waals surface area contributed by atoms with Crippen LogP contribution in [0.2, 0.25) is 0 Å². The second-order valence-corrected chi connectivity index (χ2v) is 5.73. The van der Waals surface area contributed by atoms with Crippen molar-refractivity contribution in [2.75, 3.05) is 41.4 Å². The normalized spacial score (nSPS) is 23.9. The molecule has 0 aliphatic carbocycles. The second kappa shape index (κ2) is 7.64. The van der Waals surface area contributed by atoms with Crippen LogP contribution < -0.4 is 9.47 Å². The molecule has 2 aliphatic rings. The van der Waals surface area contributed by atoms with Crippen molar-refractivity contribution < 1.29 is 14.2 Å². The number of hydrogen-bond donors (Lipinski definition) is 0. The lowest BCUT2D eigenvalue weighted by atomic mass is 10.3. The van der Waals surface area contributed by atoms with E-state index in [0.29, 0.717) is 13.2 Å². The maximum Gasteiger partial charge on any atom is 0.154 e. The molecule has 2 aliphatic heterocycles. The first-order valence-electron chi connectivity index (χ1n) is 7.40. The summed E-state index contributed by atoms with van der Waals surface area (Å²) in [4.78, 5) is 4.13. The molecule has 0 N–H and O–H groups in total. The van der Waals surface area contributed by atoms with Crippen LogP contribution in [-0.4, -0.2) is 63.7 Å². The van der Waals surface area contributed by atoms with Crippen molar-refractivity contribution in [2.24, 2.45) is 0 Å². The van der Waals surface area contributed by atoms with E-state index in [1.165, 1.54) is 0 Å². The van der Waals surface area contributed by atoms with Crippen LogP contribution in [0, 0.1) is 0 Å². The molecular weight excluding hydrogens is 268 g/mol. The monoisotopic (exact) mass is 294 g/mol. The summed E-state index contributed by atoms with van der Waals surface area (Å²) in [6.07, 6.45) is 1.70. The molecule has 5 nitrogen and oxygen atoms in total. The van der Waals surface area contributed by atoms with Crippen molar-refractivity contribution in [3.8, 4) is 11.5 Å². The van der Waals surface area contributed by atoms with Crippen molar-refractivity contribution >= 4 is 0 Å². The van der Waals surface area contributed by atoms with E-state index >= 15 is 0 Å². The fourth-order valence-corrected chi connectivity index (χ4v) is 2.23. The zero-order valence-electron chi connectivity index (χ0n) is 13.4. The number of ether oxygens (including phenoxy) is 3. The van der Waals surface area contributed by atoms with E-state index in [4.69, 9.17) is 14.2 Å². The van der Waals surface area contributed by atoms with Crippen LogP contribution in [0.15, 0.2) is 24.3 Å². The molecule has 2 bridgehead atoms. The lowest BCUT2D eigenvalue weighted by Gasteiger charge is -2.25. The Hall–Kier alpha value is -1.30. The molecule has 0 spiro atoms. The van der Waals surface area contributed by atoms with E-state index in [2.05, 4.69) is 9.80 Å². The van der Waals surface area contributed by atoms with Crippen molar-refractivity contribution in [3.63, 3.8) is 0 Å². The van der Waals surface area contributed by atoms with Gasteiger partial charge in [-0.05, 0) is 52.5 Å². The number of nitrogens with zero attached hydrogens (tertiary/aromatic N) is 2. The van der Waals surface area contributed by atoms with Crippen LogP contribution in [0.1, 0.15) is 12.8 Å². The first-order chi connectivity index (χ1) is 10.1. The second-order valence-electron chi connectivity index (χ2n) is 5.73. The highest BCUT2D eigenvalue weighted by atomic mass is 16.5. The number of rotatable bonds is 2. The molecule has 21 heavy (non-hydrogen) atoms. The van der Waals surface area contributed by atoms with Gasteiger partial charge in [0.2, 0.25) is 0 Å². The Kier molecular flexibility index (Phi) is 5.85. The predicted octanol–water partition coefficient (Wildman–Crippen LogP) is 2.03. The van der Waals surface area contributed by atoms with E-state index in [9.17, 15) is 0 Å². The lowest BCUT2D eigenvalue weighted by molar-refractivity contribution is 0.00251. The fourth-order valence-electron chi connectivity index (χ4n) is 2.23. The van der Waals surface area contributed by atoms with Crippen LogP contribution in [0.3, 0.4) is 0 Å². The zero-order chi connectivity index (χ0) is 15.2. The van der Waals surface area contributed by atoms with Crippen LogP contribution in [-0.2, 0) is 4.74 Å². The van der Waals surface area contributed by atoms with Gasteiger partial charge in [-0.3, -0.25) is 9.80 Å². The lowest BCUT2D eigenvalue weighted by Crippen LogP contribution is -2.35. The van der Waals surface area contributed by atoms with E-state index in [1.807, 2.05) is 52.5 Å². The topological polar surface area (TPSA) is 34.2 Å². The molecule has 0 fully saturated rings. The van der Waals surface area contributed by atoms with Crippen molar-refractivity contribution in [1.29, 1.82) is 0 Å². The summed E-state index contributed by atoms with van der Waals surface area (Å²) in [5.74, 6) is 1.70. The number of hydrogen-bond acceptors (Lipinski definition) is 5. The first kappa shape index (κ1) is 16.1. The highest BCUT2D eigenvalue weighted by Gasteiger charge is 2.17. The maximum atomic E-state index is 6.00. The Morgan fingerprint density at radius 3 is 1.48 bits per heavy atom. The molecule has 0 aromatic heterocycles. The van der Waals surface area contributed by atoms with Crippen molar-refractivity contribution in [2.45, 2.75) is 25.3 Å². The Morgan fingerprint density at radius 1 is 0.762 bits per heavy atom. The maximum absolute atomic E-state index is 6.00. The average Bonchev–Trinajstić information content (AvgIpc) is 2.47. The highest BCUT2D eigenvalue weighted by molar-refractivity contribution is 5.31. The molecule has 2 unspecified atom stereocenters. The summed E-state index contributed by atoms with van der Waals surface area (Å²) in [6, 6.07) is 7.82. The largest absolute Gasteiger partial charge is 0.475 e. The van der Waals surface area contributed by atoms with Crippen LogP contribution >= 0.6 is 0 Å². The van der Waals surface area contributed by atoms with Gasteiger partial charge in [0.1, 0.15) is 11.5 Å². The Balaban J connectivity index is 2.13. The van der Waals surface area contributed by atoms with Crippen LogP contribution in [0.4, 0.5) is 0 Å². The average molecular weight is 294 g/mol. The molecule has 1 aromatic rings. The third kappa shape index (κ3) is 4.88. The summed E-state index contributed by atoms with van der Waals surface area (Å²) >= 11 is 0. The van der Waals surface area contributed by atoms with E-state index in [0.717, 1.165) is 24.3 Å². The Bertz CT molecular complexity index is 381. The van der Waals surface area contributed by atoms with E-state index < -0.39 is 0 Å². The van der Waals surface area contributed by atoms with Gasteiger partial charge in [0.05, 0.1) is 13.2 Å². The highest BCUT2D eigenvalue weighted by Crippen LogP contribution is 2.22. The van der Waals surface area contributed by atoms with Crippen LogP contribution in [0.25, 0.3) is 0 Å². The molecule has 118 valence electrons. The third-order valence-corrected chi connectivity index (χ3v) is 3.54. The standard InChI is InChI=1S/C16H26N2O3/c1-17(2)15-9-11-19-12-10-16(18(3)4)21-14-7-5-13(20-15)6-8-14/h5-8,15-16H,9-12H2,1-4H3. The Labute approximate surface area is 127 Å². The predicted molar refractivity (Wildman–Crippen MR) is 82.7 cm³/mol. The molecule has 2 atom stereocenters. The minimum atomic E-state index is 0.0159. The van der Waals surface area contributed by atoms with Gasteiger partial charge in [-0.25, -0.2) is 0 Å². The summed E-state index contributed by atoms with van der Waals surface area (Å²) in [5, 5.41) is 0. The molecular formula is C16H26N2O3. The zero-order valence-corrected chi connectivity index (χ0v) is 13.4. The SMILES string of the molecule is CN(C)C1CCOCCC(N(C)C)Oc2ccc(cc2)O1. The van der Waals surface area contributed by atoms with Gasteiger partial charge in [0.15, 0.2) is 12.5 Å². The molecule has 5 heteroatoms. The van der Waals surface area contributed by atoms with Gasteiger partial charge in [-0.15, -0.1) is 0 Å². The van der Waals surface area contributed by atoms with Gasteiger partial charge in [0.25, 0.3) is 0 Å². The Morgan fingerprint density at radius 2 is 1.14 bits per heavy atom. The first-order valence-corrected chi connectivity index (χ1v) is 7.40. The van der Waals surface area contributed by atoms with Gasteiger partial charge in [-0.2, -0.15) is 0 Å². The fraction of sp³-hybridized carbons (Fsp3) is 0.625. The smallest absolute Gasteiger partial charge is 0.154 e. The minimum absolute atomic E-state index is 0.0159. The van der Waals surface area contributed by atoms with Gasteiger partial charge in [0, 0.05) is 12.8 Å². The van der Waals surface area contributed by atoms with Crippen molar-refractivity contribution in [1.82, 2.24) is 9.80 Å². The quantitative estimate of drug-likeness (QED) is 0.834. The van der Waals surface area contributed by atoms with E-state index in [-0.39, 0.29) is 12.5 Å². The molecule has 0 radical (unpaired) electrons. The molecule has 0 saturated carbocycles. The van der Waals surface area contributed by atoms with Crippen molar-refractivity contribution in [3.05, 3.63) is 24.3 Å². The van der Waals surface area contributed by atoms with Gasteiger partial charge >= 0.3 is 0 Å². The molecule has 3 rings (SSSR count). The molecule has 0 amide bonds. The van der Waals surface area contributed by atoms with Crippen LogP contribution in [0.5, 0.6) is 11.5 Å². The van der Waals surface area contributed by atoms with E-state index in [1.54, 1.807) is 0 Å². The third-order valence-electron chi connectivity index (χ3n) is 3.54. The summed E-state index contributed by atoms with van der Waals surface area (Å²) in [7, 11) is 8.06. The summed E-state index contributed by atoms with van der Waals surface area (Å²) < 4.78 is 17.7. The molecule has 0 saturated heterocycles. The summed E-state index contributed by atoms with van der Waals surface area (Å²) in [5.41, 5.74) is 0.